The quantitative estimate of drug-likeness (QED) is 0.322. The van der Waals surface area contributed by atoms with Gasteiger partial charge >= 0.3 is 17.9 Å². The van der Waals surface area contributed by atoms with Crippen LogP contribution in [0.4, 0.5) is 0 Å². The Morgan fingerprint density at radius 3 is 1.61 bits per heavy atom. The number of allylic oxidation sites excluding steroid dienone is 3. The standard InChI is InChI=1S/C12H14O4S.C6H10O3.C5H8O2/c1-3-4-11(12(13)14)17(15,16)10-7-5-9(2)6-8-10;1-3-5(7)4(2)6(8)9;1-3-4(2)5(6)7/h4-8H,3H2,1-2H3,(H,13,14);7H,3H2,1-2H3,(H,8,9);3H,1-2H3,(H,6,7)/b11-4+;5-4+;4-3+. The van der Waals surface area contributed by atoms with E-state index >= 15 is 0 Å². The number of hydrogen-bond donors (Lipinski definition) is 4. The average Bonchev–Trinajstić information content (AvgIpc) is 2.76. The van der Waals surface area contributed by atoms with Crippen LogP contribution in [0.3, 0.4) is 0 Å². The summed E-state index contributed by atoms with van der Waals surface area (Å²) in [7, 11) is -3.92. The molecule has 0 fully saturated rings. The molecule has 0 bridgehead atoms. The second kappa shape index (κ2) is 15.4. The number of carboxylic acids is 3. The summed E-state index contributed by atoms with van der Waals surface area (Å²) in [5.41, 5.74) is 1.33. The minimum absolute atomic E-state index is 0.00481. The van der Waals surface area contributed by atoms with E-state index in [-0.39, 0.29) is 16.2 Å². The molecule has 1 rings (SSSR count). The Hall–Kier alpha value is -3.40. The molecule has 0 aliphatic carbocycles. The van der Waals surface area contributed by atoms with E-state index < -0.39 is 32.7 Å². The highest BCUT2D eigenvalue weighted by Gasteiger charge is 2.25. The van der Waals surface area contributed by atoms with Gasteiger partial charge in [-0.05, 0) is 46.2 Å². The fourth-order valence-corrected chi connectivity index (χ4v) is 3.22. The lowest BCUT2D eigenvalue weighted by Crippen LogP contribution is -2.13. The molecule has 0 spiro atoms. The Labute approximate surface area is 194 Å². The summed E-state index contributed by atoms with van der Waals surface area (Å²) in [4.78, 5) is 30.3. The number of aliphatic hydroxyl groups is 1. The van der Waals surface area contributed by atoms with Gasteiger partial charge in [-0.15, -0.1) is 0 Å². The maximum Gasteiger partial charge on any atom is 0.347 e. The lowest BCUT2D eigenvalue weighted by Gasteiger charge is -2.05. The lowest BCUT2D eigenvalue weighted by molar-refractivity contribution is -0.133. The van der Waals surface area contributed by atoms with Gasteiger partial charge in [-0.3, -0.25) is 0 Å². The largest absolute Gasteiger partial charge is 0.512 e. The molecule has 1 aromatic carbocycles. The third kappa shape index (κ3) is 11.7. The van der Waals surface area contributed by atoms with Gasteiger partial charge in [-0.2, -0.15) is 0 Å². The van der Waals surface area contributed by atoms with Crippen molar-refractivity contribution in [2.24, 2.45) is 0 Å². The fraction of sp³-hybridized carbons (Fsp3) is 0.348. The number of sulfone groups is 1. The summed E-state index contributed by atoms with van der Waals surface area (Å²) in [5.74, 6) is -3.38. The topological polar surface area (TPSA) is 166 Å². The molecule has 33 heavy (non-hydrogen) atoms. The minimum Gasteiger partial charge on any atom is -0.512 e. The molecule has 0 saturated heterocycles. The summed E-state index contributed by atoms with van der Waals surface area (Å²) in [6, 6.07) is 6.10. The van der Waals surface area contributed by atoms with Crippen LogP contribution < -0.4 is 0 Å². The highest BCUT2D eigenvalue weighted by Crippen LogP contribution is 2.20. The third-order valence-corrected chi connectivity index (χ3v) is 5.89. The molecule has 0 atom stereocenters. The molecule has 9 nitrogen and oxygen atoms in total. The van der Waals surface area contributed by atoms with Crippen molar-refractivity contribution < 1.29 is 43.2 Å². The summed E-state index contributed by atoms with van der Waals surface area (Å²) in [6.45, 7) is 9.85. The van der Waals surface area contributed by atoms with Crippen molar-refractivity contribution in [3.05, 3.63) is 63.8 Å². The maximum atomic E-state index is 12.0. The highest BCUT2D eigenvalue weighted by molar-refractivity contribution is 7.96. The summed E-state index contributed by atoms with van der Waals surface area (Å²) >= 11 is 0. The number of aliphatic hydroxyl groups excluding tert-OH is 1. The van der Waals surface area contributed by atoms with Crippen molar-refractivity contribution >= 4 is 27.7 Å². The highest BCUT2D eigenvalue weighted by atomic mass is 32.2. The van der Waals surface area contributed by atoms with Gasteiger partial charge in [-0.25, -0.2) is 22.8 Å². The van der Waals surface area contributed by atoms with Crippen LogP contribution in [0.25, 0.3) is 0 Å². The average molecular weight is 485 g/mol. The summed E-state index contributed by atoms with van der Waals surface area (Å²) < 4.78 is 24.1. The van der Waals surface area contributed by atoms with E-state index in [9.17, 15) is 22.8 Å². The number of carbonyl (C=O) groups is 3. The molecule has 0 aliphatic rings. The van der Waals surface area contributed by atoms with Crippen LogP contribution in [-0.2, 0) is 24.2 Å². The zero-order valence-electron chi connectivity index (χ0n) is 19.6. The number of benzene rings is 1. The Morgan fingerprint density at radius 1 is 0.879 bits per heavy atom. The van der Waals surface area contributed by atoms with E-state index in [2.05, 4.69) is 0 Å². The zero-order chi connectivity index (χ0) is 26.4. The predicted molar refractivity (Wildman–Crippen MR) is 125 cm³/mol. The van der Waals surface area contributed by atoms with Crippen LogP contribution in [0, 0.1) is 6.92 Å². The van der Waals surface area contributed by atoms with E-state index in [0.29, 0.717) is 18.4 Å². The number of rotatable bonds is 7. The smallest absolute Gasteiger partial charge is 0.347 e. The Kier molecular flexibility index (Phi) is 14.8. The van der Waals surface area contributed by atoms with Crippen LogP contribution in [0.15, 0.2) is 63.1 Å². The molecule has 0 amide bonds. The van der Waals surface area contributed by atoms with Gasteiger partial charge in [0.2, 0.25) is 9.84 Å². The van der Waals surface area contributed by atoms with Crippen LogP contribution in [-0.4, -0.2) is 46.8 Å². The molecule has 10 heteroatoms. The Balaban J connectivity index is 0. The van der Waals surface area contributed by atoms with E-state index in [4.69, 9.17) is 20.4 Å². The van der Waals surface area contributed by atoms with Crippen molar-refractivity contribution in [2.45, 2.75) is 59.3 Å². The molecule has 0 unspecified atom stereocenters. The van der Waals surface area contributed by atoms with E-state index in [1.807, 2.05) is 6.92 Å². The van der Waals surface area contributed by atoms with Crippen LogP contribution in [0.1, 0.15) is 53.0 Å². The molecule has 0 aromatic heterocycles. The molecule has 0 radical (unpaired) electrons. The van der Waals surface area contributed by atoms with E-state index in [1.165, 1.54) is 25.1 Å². The molecule has 1 aromatic rings. The van der Waals surface area contributed by atoms with Crippen molar-refractivity contribution in [1.82, 2.24) is 0 Å². The molecule has 0 saturated carbocycles. The first kappa shape index (κ1) is 31.8. The second-order valence-electron chi connectivity index (χ2n) is 6.61. The fourth-order valence-electron chi connectivity index (χ4n) is 1.85. The van der Waals surface area contributed by atoms with Gasteiger partial charge in [0.15, 0.2) is 4.91 Å². The summed E-state index contributed by atoms with van der Waals surface area (Å²) in [6.07, 6.45) is 3.49. The van der Waals surface area contributed by atoms with Crippen LogP contribution in [0.2, 0.25) is 0 Å². The lowest BCUT2D eigenvalue weighted by atomic mass is 10.2. The van der Waals surface area contributed by atoms with Gasteiger partial charge in [-0.1, -0.05) is 43.7 Å². The number of aryl methyl sites for hydroxylation is 1. The first-order valence-corrected chi connectivity index (χ1v) is 11.4. The van der Waals surface area contributed by atoms with Gasteiger partial charge in [0.1, 0.15) is 5.76 Å². The van der Waals surface area contributed by atoms with Crippen LogP contribution >= 0.6 is 0 Å². The van der Waals surface area contributed by atoms with Crippen LogP contribution in [0.5, 0.6) is 0 Å². The normalized spacial score (nSPS) is 12.3. The Morgan fingerprint density at radius 2 is 1.36 bits per heavy atom. The van der Waals surface area contributed by atoms with Crippen molar-refractivity contribution in [1.29, 1.82) is 0 Å². The van der Waals surface area contributed by atoms with Crippen molar-refractivity contribution in [3.8, 4) is 0 Å². The molecule has 184 valence electrons. The number of hydrogen-bond acceptors (Lipinski definition) is 6. The molecule has 0 aliphatic heterocycles. The van der Waals surface area contributed by atoms with Crippen molar-refractivity contribution in [2.75, 3.05) is 0 Å². The molecule has 0 heterocycles. The van der Waals surface area contributed by atoms with Gasteiger partial charge in [0, 0.05) is 12.0 Å². The molecular weight excluding hydrogens is 452 g/mol. The third-order valence-electron chi connectivity index (χ3n) is 4.08. The monoisotopic (exact) mass is 484 g/mol. The van der Waals surface area contributed by atoms with E-state index in [0.717, 1.165) is 5.56 Å². The first-order valence-electron chi connectivity index (χ1n) is 9.90. The maximum absolute atomic E-state index is 12.0. The van der Waals surface area contributed by atoms with Gasteiger partial charge in [0.05, 0.1) is 10.5 Å². The first-order chi connectivity index (χ1) is 15.2. The molecule has 4 N–H and O–H groups in total. The van der Waals surface area contributed by atoms with E-state index in [1.54, 1.807) is 45.9 Å². The zero-order valence-corrected chi connectivity index (χ0v) is 20.4. The number of carboxylic acid groups (broad SMARTS) is 3. The molecular formula is C23H32O9S. The summed E-state index contributed by atoms with van der Waals surface area (Å²) in [5, 5.41) is 34.1. The van der Waals surface area contributed by atoms with Crippen molar-refractivity contribution in [3.63, 3.8) is 0 Å². The van der Waals surface area contributed by atoms with Gasteiger partial charge < -0.3 is 20.4 Å². The van der Waals surface area contributed by atoms with Gasteiger partial charge in [0.25, 0.3) is 0 Å². The second-order valence-corrected chi connectivity index (χ2v) is 8.52. The minimum atomic E-state index is -3.92. The predicted octanol–water partition coefficient (Wildman–Crippen LogP) is 4.50. The number of aliphatic carboxylic acids is 3. The SMILES string of the molecule is C/C=C(\C)C(=O)O.CC/C(O)=C(/C)C(=O)O.CC/C=C(\C(=O)O)S(=O)(=O)c1ccc(C)cc1. The Bertz CT molecular complexity index is 1010.